The van der Waals surface area contributed by atoms with Gasteiger partial charge in [-0.15, -0.1) is 6.58 Å². The maximum absolute atomic E-state index is 5.43. The predicted molar refractivity (Wildman–Crippen MR) is 124 cm³/mol. The highest BCUT2D eigenvalue weighted by Gasteiger charge is 2.26. The lowest BCUT2D eigenvalue weighted by Crippen LogP contribution is -2.40. The SMILES string of the molecule is C=C[C@H]1CN(CCCCCCC)CC[C@H]1CCc1ccnc2ccc(OC)cc12. The van der Waals surface area contributed by atoms with E-state index in [0.29, 0.717) is 5.92 Å². The molecule has 1 saturated heterocycles. The number of pyridine rings is 1. The van der Waals surface area contributed by atoms with Gasteiger partial charge in [0.15, 0.2) is 0 Å². The molecule has 1 aliphatic heterocycles. The molecule has 2 heterocycles. The first-order chi connectivity index (χ1) is 14.2. The summed E-state index contributed by atoms with van der Waals surface area (Å²) in [7, 11) is 1.73. The van der Waals surface area contributed by atoms with Crippen LogP contribution in [-0.2, 0) is 6.42 Å². The van der Waals surface area contributed by atoms with Gasteiger partial charge in [-0.1, -0.05) is 38.7 Å². The fraction of sp³-hybridized carbons (Fsp3) is 0.577. The summed E-state index contributed by atoms with van der Waals surface area (Å²) >= 11 is 0. The number of methoxy groups -OCH3 is 1. The van der Waals surface area contributed by atoms with Crippen LogP contribution in [0.3, 0.4) is 0 Å². The molecule has 1 aromatic carbocycles. The van der Waals surface area contributed by atoms with E-state index in [1.54, 1.807) is 7.11 Å². The molecule has 1 aromatic heterocycles. The van der Waals surface area contributed by atoms with Gasteiger partial charge in [0.25, 0.3) is 0 Å². The Kier molecular flexibility index (Phi) is 8.54. The van der Waals surface area contributed by atoms with Crippen LogP contribution in [0.15, 0.2) is 43.1 Å². The zero-order valence-electron chi connectivity index (χ0n) is 18.4. The van der Waals surface area contributed by atoms with E-state index in [4.69, 9.17) is 4.74 Å². The minimum Gasteiger partial charge on any atom is -0.497 e. The molecule has 0 N–H and O–H groups in total. The maximum atomic E-state index is 5.43. The average molecular weight is 395 g/mol. The third-order valence-electron chi connectivity index (χ3n) is 6.59. The van der Waals surface area contributed by atoms with Gasteiger partial charge < -0.3 is 9.64 Å². The van der Waals surface area contributed by atoms with E-state index in [1.807, 2.05) is 12.3 Å². The summed E-state index contributed by atoms with van der Waals surface area (Å²) in [6, 6.07) is 8.36. The first-order valence-electron chi connectivity index (χ1n) is 11.5. The molecule has 3 rings (SSSR count). The van der Waals surface area contributed by atoms with Crippen LogP contribution < -0.4 is 4.74 Å². The second-order valence-electron chi connectivity index (χ2n) is 8.55. The lowest BCUT2D eigenvalue weighted by molar-refractivity contribution is 0.137. The molecule has 158 valence electrons. The van der Waals surface area contributed by atoms with Gasteiger partial charge in [-0.25, -0.2) is 0 Å². The Morgan fingerprint density at radius 1 is 1.21 bits per heavy atom. The molecule has 29 heavy (non-hydrogen) atoms. The summed E-state index contributed by atoms with van der Waals surface area (Å²) in [6.45, 7) is 10.1. The number of likely N-dealkylation sites (tertiary alicyclic amines) is 1. The number of piperidine rings is 1. The van der Waals surface area contributed by atoms with Crippen LogP contribution in [0.4, 0.5) is 0 Å². The largest absolute Gasteiger partial charge is 0.497 e. The number of rotatable bonds is 11. The first-order valence-corrected chi connectivity index (χ1v) is 11.5. The van der Waals surface area contributed by atoms with Crippen LogP contribution in [-0.4, -0.2) is 36.6 Å². The van der Waals surface area contributed by atoms with E-state index in [9.17, 15) is 0 Å². The summed E-state index contributed by atoms with van der Waals surface area (Å²) in [5.41, 5.74) is 2.44. The van der Waals surface area contributed by atoms with Crippen LogP contribution in [0.1, 0.15) is 57.4 Å². The number of nitrogens with zero attached hydrogens (tertiary/aromatic N) is 2. The monoisotopic (exact) mass is 394 g/mol. The van der Waals surface area contributed by atoms with Crippen molar-refractivity contribution in [2.45, 2.75) is 58.3 Å². The smallest absolute Gasteiger partial charge is 0.119 e. The minimum absolute atomic E-state index is 0.613. The van der Waals surface area contributed by atoms with Gasteiger partial charge in [0.2, 0.25) is 0 Å². The van der Waals surface area contributed by atoms with Crippen molar-refractivity contribution in [3.8, 4) is 5.75 Å². The summed E-state index contributed by atoms with van der Waals surface area (Å²) in [6.07, 6.45) is 14.6. The molecule has 0 bridgehead atoms. The molecule has 3 nitrogen and oxygen atoms in total. The van der Waals surface area contributed by atoms with Gasteiger partial charge in [0.05, 0.1) is 12.6 Å². The van der Waals surface area contributed by atoms with Gasteiger partial charge in [-0.05, 0) is 80.4 Å². The predicted octanol–water partition coefficient (Wildman–Crippen LogP) is 6.27. The van der Waals surface area contributed by atoms with Gasteiger partial charge >= 0.3 is 0 Å². The Labute approximate surface area is 177 Å². The molecule has 1 fully saturated rings. The fourth-order valence-corrected chi connectivity index (χ4v) is 4.74. The summed E-state index contributed by atoms with van der Waals surface area (Å²) in [4.78, 5) is 7.19. The van der Waals surface area contributed by atoms with E-state index in [1.165, 1.54) is 75.5 Å². The average Bonchev–Trinajstić information content (AvgIpc) is 2.77. The number of aromatic nitrogens is 1. The molecule has 2 atom stereocenters. The first kappa shape index (κ1) is 21.8. The minimum atomic E-state index is 0.613. The topological polar surface area (TPSA) is 25.4 Å². The molecule has 0 aliphatic carbocycles. The highest BCUT2D eigenvalue weighted by Crippen LogP contribution is 2.31. The van der Waals surface area contributed by atoms with Crippen molar-refractivity contribution < 1.29 is 4.74 Å². The molecule has 0 radical (unpaired) electrons. The molecule has 1 aliphatic rings. The number of hydrogen-bond acceptors (Lipinski definition) is 3. The maximum Gasteiger partial charge on any atom is 0.119 e. The van der Waals surface area contributed by atoms with E-state index in [2.05, 4.69) is 47.7 Å². The van der Waals surface area contributed by atoms with Crippen LogP contribution >= 0.6 is 0 Å². The molecular formula is C26H38N2O. The summed E-state index contributed by atoms with van der Waals surface area (Å²) < 4.78 is 5.43. The lowest BCUT2D eigenvalue weighted by Gasteiger charge is -2.37. The Morgan fingerprint density at radius 2 is 2.07 bits per heavy atom. The van der Waals surface area contributed by atoms with Gasteiger partial charge in [0, 0.05) is 18.1 Å². The lowest BCUT2D eigenvalue weighted by atomic mass is 9.81. The Balaban J connectivity index is 1.54. The van der Waals surface area contributed by atoms with Crippen molar-refractivity contribution in [3.05, 3.63) is 48.7 Å². The van der Waals surface area contributed by atoms with E-state index in [-0.39, 0.29) is 0 Å². The zero-order chi connectivity index (χ0) is 20.5. The number of ether oxygens (including phenoxy) is 1. The molecular weight excluding hydrogens is 356 g/mol. The highest BCUT2D eigenvalue weighted by atomic mass is 16.5. The van der Waals surface area contributed by atoms with E-state index in [0.717, 1.165) is 23.6 Å². The zero-order valence-corrected chi connectivity index (χ0v) is 18.4. The second kappa shape index (κ2) is 11.3. The highest BCUT2D eigenvalue weighted by molar-refractivity contribution is 5.83. The molecule has 3 heteroatoms. The van der Waals surface area contributed by atoms with Crippen molar-refractivity contribution in [3.63, 3.8) is 0 Å². The van der Waals surface area contributed by atoms with Crippen molar-refractivity contribution in [1.29, 1.82) is 0 Å². The number of benzene rings is 1. The number of unbranched alkanes of at least 4 members (excludes halogenated alkanes) is 4. The van der Waals surface area contributed by atoms with Crippen molar-refractivity contribution in [2.75, 3.05) is 26.7 Å². The van der Waals surface area contributed by atoms with Crippen LogP contribution in [0.25, 0.3) is 10.9 Å². The fourth-order valence-electron chi connectivity index (χ4n) is 4.74. The van der Waals surface area contributed by atoms with E-state index < -0.39 is 0 Å². The standard InChI is InChI=1S/C26H38N2O/c1-4-6-7-8-9-17-28-18-15-22(21(5-2)20-28)10-11-23-14-16-27-26-13-12-24(29-3)19-25(23)26/h5,12-14,16,19,21-22H,2,4,6-11,15,17-18,20H2,1,3H3/t21-,22+/m0/s1. The number of aryl methyl sites for hydroxylation is 1. The summed E-state index contributed by atoms with van der Waals surface area (Å²) in [5, 5.41) is 1.23. The van der Waals surface area contributed by atoms with Gasteiger partial charge in [0.1, 0.15) is 5.75 Å². The van der Waals surface area contributed by atoms with Crippen LogP contribution in [0, 0.1) is 11.8 Å². The van der Waals surface area contributed by atoms with Crippen molar-refractivity contribution in [2.24, 2.45) is 11.8 Å². The molecule has 0 amide bonds. The third kappa shape index (κ3) is 6.05. The van der Waals surface area contributed by atoms with Crippen LogP contribution in [0.2, 0.25) is 0 Å². The van der Waals surface area contributed by atoms with Gasteiger partial charge in [-0.2, -0.15) is 0 Å². The van der Waals surface area contributed by atoms with E-state index >= 15 is 0 Å². The van der Waals surface area contributed by atoms with Crippen LogP contribution in [0.5, 0.6) is 5.75 Å². The Bertz CT molecular complexity index is 772. The molecule has 0 spiro atoms. The van der Waals surface area contributed by atoms with Crippen molar-refractivity contribution >= 4 is 10.9 Å². The molecule has 0 saturated carbocycles. The Hall–Kier alpha value is -1.87. The normalized spacial score (nSPS) is 20.1. The summed E-state index contributed by atoms with van der Waals surface area (Å²) in [5.74, 6) is 2.25. The van der Waals surface area contributed by atoms with Crippen molar-refractivity contribution in [1.82, 2.24) is 9.88 Å². The van der Waals surface area contributed by atoms with Gasteiger partial charge in [-0.3, -0.25) is 4.98 Å². The molecule has 2 aromatic rings. The molecule has 0 unspecified atom stereocenters. The number of fused-ring (bicyclic) bond motifs is 1. The third-order valence-corrected chi connectivity index (χ3v) is 6.59. The quantitative estimate of drug-likeness (QED) is 0.332. The number of hydrogen-bond donors (Lipinski definition) is 0. The Morgan fingerprint density at radius 3 is 2.86 bits per heavy atom. The second-order valence-corrected chi connectivity index (χ2v) is 8.55.